The predicted molar refractivity (Wildman–Crippen MR) is 188 cm³/mol. The molecule has 0 heterocycles. The molecule has 0 aliphatic rings. The van der Waals surface area contributed by atoms with Gasteiger partial charge in [0.15, 0.2) is 6.29 Å². The van der Waals surface area contributed by atoms with Crippen molar-refractivity contribution < 1.29 is 33.6 Å². The third kappa shape index (κ3) is 11.6. The Labute approximate surface area is 284 Å². The SMILES string of the molecule is CCC(CC(CC(C)c1ccc(OC(C)=O)cc1)c1ccc(O)cc1)c1ccc(OC(C)OCCOC(=O)Cc2ccc(C)cc2)cc1. The second kappa shape index (κ2) is 18.1. The van der Waals surface area contributed by atoms with E-state index in [-0.39, 0.29) is 49.2 Å². The molecule has 0 saturated heterocycles. The van der Waals surface area contributed by atoms with Gasteiger partial charge in [-0.3, -0.25) is 9.59 Å². The van der Waals surface area contributed by atoms with E-state index in [0.29, 0.717) is 17.4 Å². The molecule has 0 aromatic heterocycles. The first-order valence-electron chi connectivity index (χ1n) is 16.8. The Morgan fingerprint density at radius 1 is 0.708 bits per heavy atom. The number of benzene rings is 4. The molecule has 0 aliphatic carbocycles. The van der Waals surface area contributed by atoms with Gasteiger partial charge in [-0.1, -0.05) is 80.1 Å². The van der Waals surface area contributed by atoms with Crippen LogP contribution in [0.25, 0.3) is 0 Å². The van der Waals surface area contributed by atoms with E-state index in [0.717, 1.165) is 30.4 Å². The van der Waals surface area contributed by atoms with Gasteiger partial charge in [-0.05, 0) is 110 Å². The third-order valence-electron chi connectivity index (χ3n) is 8.60. The number of hydrogen-bond donors (Lipinski definition) is 1. The average molecular weight is 653 g/mol. The van der Waals surface area contributed by atoms with Crippen LogP contribution in [0.4, 0.5) is 0 Å². The summed E-state index contributed by atoms with van der Waals surface area (Å²) in [6.07, 6.45) is 2.57. The van der Waals surface area contributed by atoms with E-state index in [1.54, 1.807) is 12.1 Å². The molecule has 254 valence electrons. The zero-order valence-electron chi connectivity index (χ0n) is 28.7. The standard InChI is InChI=1S/C41H48O7/c1-6-33(27-37(36-11-17-38(43)18-12-36)25-29(3)34-13-19-39(20-14-34)47-30(4)42)35-15-21-40(22-16-35)48-31(5)45-23-24-46-41(44)26-32-9-7-28(2)8-10-32/h7-22,29,31,33,37,43H,6,23-27H2,1-5H3. The molecule has 4 aromatic rings. The molecule has 4 rings (SSSR count). The number of phenols is 1. The summed E-state index contributed by atoms with van der Waals surface area (Å²) in [4.78, 5) is 23.5. The number of rotatable bonds is 17. The number of phenolic OH excluding ortho intramolecular Hbond substituents is 1. The van der Waals surface area contributed by atoms with Crippen LogP contribution in [0.1, 0.15) is 92.5 Å². The monoisotopic (exact) mass is 652 g/mol. The van der Waals surface area contributed by atoms with Crippen LogP contribution in [-0.2, 0) is 25.5 Å². The van der Waals surface area contributed by atoms with Crippen molar-refractivity contribution in [3.63, 3.8) is 0 Å². The van der Waals surface area contributed by atoms with Crippen LogP contribution >= 0.6 is 0 Å². The average Bonchev–Trinajstić information content (AvgIpc) is 3.07. The Morgan fingerprint density at radius 3 is 1.92 bits per heavy atom. The molecule has 0 bridgehead atoms. The number of aryl methyl sites for hydroxylation is 1. The molecule has 0 radical (unpaired) electrons. The van der Waals surface area contributed by atoms with Crippen LogP contribution in [-0.4, -0.2) is 36.5 Å². The van der Waals surface area contributed by atoms with Gasteiger partial charge < -0.3 is 24.1 Å². The van der Waals surface area contributed by atoms with Gasteiger partial charge in [-0.25, -0.2) is 0 Å². The van der Waals surface area contributed by atoms with Crippen molar-refractivity contribution in [2.75, 3.05) is 13.2 Å². The van der Waals surface area contributed by atoms with Crippen LogP contribution in [0.15, 0.2) is 97.1 Å². The Bertz CT molecular complexity index is 1560. The number of hydrogen-bond acceptors (Lipinski definition) is 7. The fourth-order valence-corrected chi connectivity index (χ4v) is 5.93. The maximum Gasteiger partial charge on any atom is 0.310 e. The van der Waals surface area contributed by atoms with Crippen molar-refractivity contribution in [3.8, 4) is 17.2 Å². The molecule has 0 aliphatic heterocycles. The molecule has 4 atom stereocenters. The van der Waals surface area contributed by atoms with Gasteiger partial charge in [0.05, 0.1) is 13.0 Å². The van der Waals surface area contributed by atoms with E-state index in [4.69, 9.17) is 18.9 Å². The smallest absolute Gasteiger partial charge is 0.310 e. The van der Waals surface area contributed by atoms with E-state index in [1.807, 2.05) is 86.6 Å². The first kappa shape index (κ1) is 36.2. The molecule has 4 unspecified atom stereocenters. The number of ether oxygens (including phenoxy) is 4. The van der Waals surface area contributed by atoms with Gasteiger partial charge in [0.25, 0.3) is 0 Å². The lowest BCUT2D eigenvalue weighted by atomic mass is 9.78. The lowest BCUT2D eigenvalue weighted by Crippen LogP contribution is -2.20. The second-order valence-corrected chi connectivity index (χ2v) is 12.4. The maximum absolute atomic E-state index is 12.1. The molecule has 0 fully saturated rings. The lowest BCUT2D eigenvalue weighted by molar-refractivity contribution is -0.147. The Balaban J connectivity index is 1.31. The first-order chi connectivity index (χ1) is 23.1. The van der Waals surface area contributed by atoms with Crippen molar-refractivity contribution in [2.24, 2.45) is 0 Å². The highest BCUT2D eigenvalue weighted by Gasteiger charge is 2.22. The van der Waals surface area contributed by atoms with E-state index in [9.17, 15) is 14.7 Å². The molecule has 4 aromatic carbocycles. The molecule has 1 N–H and O–H groups in total. The number of esters is 2. The summed E-state index contributed by atoms with van der Waals surface area (Å²) >= 11 is 0. The van der Waals surface area contributed by atoms with Crippen LogP contribution < -0.4 is 9.47 Å². The second-order valence-electron chi connectivity index (χ2n) is 12.4. The predicted octanol–water partition coefficient (Wildman–Crippen LogP) is 9.01. The number of carbonyl (C=O) groups excluding carboxylic acids is 2. The lowest BCUT2D eigenvalue weighted by Gasteiger charge is -2.27. The largest absolute Gasteiger partial charge is 0.508 e. The summed E-state index contributed by atoms with van der Waals surface area (Å²) in [6.45, 7) is 10.1. The Kier molecular flexibility index (Phi) is 13.6. The van der Waals surface area contributed by atoms with Crippen molar-refractivity contribution in [3.05, 3.63) is 125 Å². The molecular formula is C41H48O7. The van der Waals surface area contributed by atoms with Crippen LogP contribution in [0.3, 0.4) is 0 Å². The normalized spacial score (nSPS) is 13.6. The minimum Gasteiger partial charge on any atom is -0.508 e. The molecule has 48 heavy (non-hydrogen) atoms. The molecular weight excluding hydrogens is 604 g/mol. The van der Waals surface area contributed by atoms with Crippen LogP contribution in [0, 0.1) is 6.92 Å². The van der Waals surface area contributed by atoms with E-state index < -0.39 is 6.29 Å². The Morgan fingerprint density at radius 2 is 1.29 bits per heavy atom. The van der Waals surface area contributed by atoms with Crippen molar-refractivity contribution in [2.45, 2.75) is 84.3 Å². The van der Waals surface area contributed by atoms with Crippen molar-refractivity contribution >= 4 is 11.9 Å². The number of aromatic hydroxyl groups is 1. The first-order valence-corrected chi connectivity index (χ1v) is 16.8. The molecule has 0 amide bonds. The highest BCUT2D eigenvalue weighted by atomic mass is 16.7. The summed E-state index contributed by atoms with van der Waals surface area (Å²) in [5, 5.41) is 9.94. The Hall–Kier alpha value is -4.62. The summed E-state index contributed by atoms with van der Waals surface area (Å²) in [6, 6.07) is 31.3. The fraction of sp³-hybridized carbons (Fsp3) is 0.366. The van der Waals surface area contributed by atoms with Gasteiger partial charge in [0.2, 0.25) is 0 Å². The zero-order chi connectivity index (χ0) is 34.5. The van der Waals surface area contributed by atoms with E-state index >= 15 is 0 Å². The molecule has 7 nitrogen and oxygen atoms in total. The van der Waals surface area contributed by atoms with Gasteiger partial charge >= 0.3 is 11.9 Å². The third-order valence-corrected chi connectivity index (χ3v) is 8.60. The zero-order valence-corrected chi connectivity index (χ0v) is 28.7. The minimum atomic E-state index is -0.503. The fourth-order valence-electron chi connectivity index (χ4n) is 5.93. The molecule has 0 spiro atoms. The topological polar surface area (TPSA) is 91.3 Å². The molecule has 0 saturated carbocycles. The van der Waals surface area contributed by atoms with Gasteiger partial charge in [0, 0.05) is 6.92 Å². The summed E-state index contributed by atoms with van der Waals surface area (Å²) in [5.41, 5.74) is 5.69. The van der Waals surface area contributed by atoms with E-state index in [1.165, 1.54) is 23.6 Å². The van der Waals surface area contributed by atoms with E-state index in [2.05, 4.69) is 26.0 Å². The van der Waals surface area contributed by atoms with Gasteiger partial charge in [-0.2, -0.15) is 0 Å². The van der Waals surface area contributed by atoms with Crippen LogP contribution in [0.5, 0.6) is 17.2 Å². The van der Waals surface area contributed by atoms with Crippen LogP contribution in [0.2, 0.25) is 0 Å². The maximum atomic E-state index is 12.1. The van der Waals surface area contributed by atoms with Gasteiger partial charge in [-0.15, -0.1) is 0 Å². The van der Waals surface area contributed by atoms with Crippen molar-refractivity contribution in [1.29, 1.82) is 0 Å². The molecule has 7 heteroatoms. The number of carbonyl (C=O) groups is 2. The summed E-state index contributed by atoms with van der Waals surface area (Å²) < 4.78 is 22.2. The van der Waals surface area contributed by atoms with Gasteiger partial charge in [0.1, 0.15) is 23.9 Å². The quantitative estimate of drug-likeness (QED) is 0.0527. The minimum absolute atomic E-state index is 0.163. The highest BCUT2D eigenvalue weighted by molar-refractivity contribution is 5.72. The van der Waals surface area contributed by atoms with Crippen molar-refractivity contribution in [1.82, 2.24) is 0 Å². The highest BCUT2D eigenvalue weighted by Crippen LogP contribution is 2.39. The summed E-state index contributed by atoms with van der Waals surface area (Å²) in [5.74, 6) is 1.73. The summed E-state index contributed by atoms with van der Waals surface area (Å²) in [7, 11) is 0.